The van der Waals surface area contributed by atoms with Crippen LogP contribution in [0.1, 0.15) is 0 Å². The van der Waals surface area contributed by atoms with Gasteiger partial charge in [0.1, 0.15) is 0 Å². The molecule has 0 aromatic rings. The Labute approximate surface area is 74.7 Å². The molecule has 0 aliphatic carbocycles. The second-order valence-electron chi connectivity index (χ2n) is 2.74. The van der Waals surface area contributed by atoms with Gasteiger partial charge in [-0.15, -0.1) is 0 Å². The van der Waals surface area contributed by atoms with Gasteiger partial charge in [-0.1, -0.05) is 0 Å². The van der Waals surface area contributed by atoms with E-state index in [9.17, 15) is 14.4 Å². The smallest absolute Gasteiger partial charge is 0.394 e. The van der Waals surface area contributed by atoms with Crippen LogP contribution in [0.4, 0.5) is 0 Å². The molecule has 13 heavy (non-hydrogen) atoms. The zero-order valence-corrected chi connectivity index (χ0v) is 6.97. The largest absolute Gasteiger partial charge is 0.474 e. The lowest BCUT2D eigenvalue weighted by molar-refractivity contribution is -0.157. The summed E-state index contributed by atoms with van der Waals surface area (Å²) in [6.07, 6.45) is 0.697. The molecule has 72 valence electrons. The van der Waals surface area contributed by atoms with Gasteiger partial charge in [0.15, 0.2) is 0 Å². The molecule has 1 heterocycles. The SMILES string of the molecule is O=CN1CCN(C(=O)C(=O)O)CC1. The first-order valence-corrected chi connectivity index (χ1v) is 3.86. The van der Waals surface area contributed by atoms with Crippen LogP contribution in [-0.2, 0) is 14.4 Å². The second-order valence-corrected chi connectivity index (χ2v) is 2.74. The van der Waals surface area contributed by atoms with Gasteiger partial charge >= 0.3 is 11.9 Å². The molecule has 1 saturated heterocycles. The number of aliphatic carboxylic acids is 1. The van der Waals surface area contributed by atoms with Crippen molar-refractivity contribution in [2.75, 3.05) is 26.2 Å². The summed E-state index contributed by atoms with van der Waals surface area (Å²) in [5.74, 6) is -2.34. The van der Waals surface area contributed by atoms with E-state index in [1.54, 1.807) is 0 Å². The van der Waals surface area contributed by atoms with Gasteiger partial charge in [0.25, 0.3) is 0 Å². The molecule has 1 rings (SSSR count). The topological polar surface area (TPSA) is 77.9 Å². The summed E-state index contributed by atoms with van der Waals surface area (Å²) in [6.45, 7) is 1.40. The van der Waals surface area contributed by atoms with Crippen LogP contribution in [0.2, 0.25) is 0 Å². The first-order valence-electron chi connectivity index (χ1n) is 3.86. The van der Waals surface area contributed by atoms with E-state index in [2.05, 4.69) is 0 Å². The zero-order chi connectivity index (χ0) is 9.84. The molecular formula is C7H10N2O4. The summed E-state index contributed by atoms with van der Waals surface area (Å²) in [6, 6.07) is 0. The number of amides is 2. The maximum atomic E-state index is 10.9. The first kappa shape index (κ1) is 9.50. The molecule has 0 aromatic carbocycles. The second kappa shape index (κ2) is 3.88. The zero-order valence-electron chi connectivity index (χ0n) is 6.97. The third-order valence-electron chi connectivity index (χ3n) is 1.93. The number of hydrogen-bond acceptors (Lipinski definition) is 3. The monoisotopic (exact) mass is 186 g/mol. The number of hydrogen-bond donors (Lipinski definition) is 1. The van der Waals surface area contributed by atoms with Crippen LogP contribution in [0.15, 0.2) is 0 Å². The van der Waals surface area contributed by atoms with Crippen molar-refractivity contribution in [3.05, 3.63) is 0 Å². The van der Waals surface area contributed by atoms with Crippen LogP contribution in [0.3, 0.4) is 0 Å². The molecule has 0 unspecified atom stereocenters. The van der Waals surface area contributed by atoms with E-state index in [1.807, 2.05) is 0 Å². The van der Waals surface area contributed by atoms with E-state index in [0.29, 0.717) is 32.6 Å². The average Bonchev–Trinajstić information content (AvgIpc) is 2.17. The third kappa shape index (κ3) is 2.17. The number of carbonyl (C=O) groups excluding carboxylic acids is 2. The van der Waals surface area contributed by atoms with E-state index in [4.69, 9.17) is 5.11 Å². The highest BCUT2D eigenvalue weighted by atomic mass is 16.4. The fraction of sp³-hybridized carbons (Fsp3) is 0.571. The van der Waals surface area contributed by atoms with Gasteiger partial charge in [-0.3, -0.25) is 9.59 Å². The van der Waals surface area contributed by atoms with Gasteiger partial charge in [0.05, 0.1) is 0 Å². The average molecular weight is 186 g/mol. The minimum absolute atomic E-state index is 0.296. The number of carbonyl (C=O) groups is 3. The van der Waals surface area contributed by atoms with E-state index in [0.717, 1.165) is 0 Å². The Kier molecular flexibility index (Phi) is 2.84. The molecule has 0 radical (unpaired) electrons. The maximum Gasteiger partial charge on any atom is 0.394 e. The third-order valence-corrected chi connectivity index (χ3v) is 1.93. The van der Waals surface area contributed by atoms with Crippen molar-refractivity contribution in [1.29, 1.82) is 0 Å². The van der Waals surface area contributed by atoms with Crippen LogP contribution in [0.25, 0.3) is 0 Å². The lowest BCUT2D eigenvalue weighted by atomic mass is 10.3. The van der Waals surface area contributed by atoms with Gasteiger partial charge in [0.2, 0.25) is 6.41 Å². The van der Waals surface area contributed by atoms with Gasteiger partial charge in [-0.25, -0.2) is 4.79 Å². The first-order chi connectivity index (χ1) is 6.15. The highest BCUT2D eigenvalue weighted by Crippen LogP contribution is 1.99. The van der Waals surface area contributed by atoms with Gasteiger partial charge in [-0.05, 0) is 0 Å². The Morgan fingerprint density at radius 3 is 2.08 bits per heavy atom. The van der Waals surface area contributed by atoms with Crippen molar-refractivity contribution in [3.8, 4) is 0 Å². The minimum Gasteiger partial charge on any atom is -0.474 e. The molecule has 1 aliphatic heterocycles. The van der Waals surface area contributed by atoms with E-state index in [1.165, 1.54) is 9.80 Å². The van der Waals surface area contributed by atoms with Gasteiger partial charge in [-0.2, -0.15) is 0 Å². The highest BCUT2D eigenvalue weighted by molar-refractivity contribution is 6.31. The predicted octanol–water partition coefficient (Wildman–Crippen LogP) is -1.63. The molecule has 2 amide bonds. The predicted molar refractivity (Wildman–Crippen MR) is 41.9 cm³/mol. The number of carboxylic acid groups (broad SMARTS) is 1. The molecule has 1 aliphatic rings. The molecule has 0 spiro atoms. The Balaban J connectivity index is 2.45. The maximum absolute atomic E-state index is 10.9. The highest BCUT2D eigenvalue weighted by Gasteiger charge is 2.24. The van der Waals surface area contributed by atoms with Crippen molar-refractivity contribution in [3.63, 3.8) is 0 Å². The van der Waals surface area contributed by atoms with E-state index in [-0.39, 0.29) is 0 Å². The standard InChI is InChI=1S/C7H10N2O4/c10-5-8-1-3-9(4-2-8)6(11)7(12)13/h5H,1-4H2,(H,12,13). The number of piperazine rings is 1. The molecule has 6 nitrogen and oxygen atoms in total. The van der Waals surface area contributed by atoms with Crippen LogP contribution in [-0.4, -0.2) is 59.4 Å². The van der Waals surface area contributed by atoms with Crippen LogP contribution in [0.5, 0.6) is 0 Å². The van der Waals surface area contributed by atoms with Crippen molar-refractivity contribution in [2.24, 2.45) is 0 Å². The Bertz CT molecular complexity index is 233. The summed E-state index contributed by atoms with van der Waals surface area (Å²) in [5, 5.41) is 8.38. The quantitative estimate of drug-likeness (QED) is 0.394. The van der Waals surface area contributed by atoms with Crippen LogP contribution in [0, 0.1) is 0 Å². The molecule has 0 atom stereocenters. The van der Waals surface area contributed by atoms with E-state index >= 15 is 0 Å². The Morgan fingerprint density at radius 2 is 1.69 bits per heavy atom. The lowest BCUT2D eigenvalue weighted by Crippen LogP contribution is -2.50. The van der Waals surface area contributed by atoms with Crippen LogP contribution < -0.4 is 0 Å². The molecular weight excluding hydrogens is 176 g/mol. The summed E-state index contributed by atoms with van der Waals surface area (Å²) in [4.78, 5) is 34.2. The molecule has 6 heteroatoms. The summed E-state index contributed by atoms with van der Waals surface area (Å²) < 4.78 is 0. The fourth-order valence-electron chi connectivity index (χ4n) is 1.17. The Hall–Kier alpha value is -1.59. The van der Waals surface area contributed by atoms with Crippen molar-refractivity contribution < 1.29 is 19.5 Å². The molecule has 1 fully saturated rings. The van der Waals surface area contributed by atoms with Crippen molar-refractivity contribution in [2.45, 2.75) is 0 Å². The lowest BCUT2D eigenvalue weighted by Gasteiger charge is -2.31. The summed E-state index contributed by atoms with van der Waals surface area (Å²) in [5.41, 5.74) is 0. The van der Waals surface area contributed by atoms with Crippen molar-refractivity contribution >= 4 is 18.3 Å². The minimum atomic E-state index is -1.44. The van der Waals surface area contributed by atoms with Gasteiger partial charge in [0, 0.05) is 26.2 Å². The summed E-state index contributed by atoms with van der Waals surface area (Å²) >= 11 is 0. The van der Waals surface area contributed by atoms with Crippen LogP contribution >= 0.6 is 0 Å². The Morgan fingerprint density at radius 1 is 1.15 bits per heavy atom. The molecule has 0 aromatic heterocycles. The normalized spacial score (nSPS) is 16.9. The van der Waals surface area contributed by atoms with Gasteiger partial charge < -0.3 is 14.9 Å². The fourth-order valence-corrected chi connectivity index (χ4v) is 1.17. The van der Waals surface area contributed by atoms with Crippen molar-refractivity contribution in [1.82, 2.24) is 9.80 Å². The molecule has 0 saturated carbocycles. The number of nitrogens with zero attached hydrogens (tertiary/aromatic N) is 2. The number of rotatable bonds is 1. The summed E-state index contributed by atoms with van der Waals surface area (Å²) in [7, 11) is 0. The van der Waals surface area contributed by atoms with E-state index < -0.39 is 11.9 Å². The molecule has 0 bridgehead atoms. The molecule has 1 N–H and O–H groups in total. The number of carboxylic acids is 1.